The molecule has 2 atom stereocenters. The van der Waals surface area contributed by atoms with Gasteiger partial charge in [-0.15, -0.1) is 0 Å². The summed E-state index contributed by atoms with van der Waals surface area (Å²) in [5.74, 6) is -0.0200. The fourth-order valence-corrected chi connectivity index (χ4v) is 11.9. The third-order valence-corrected chi connectivity index (χ3v) is 17.5. The van der Waals surface area contributed by atoms with E-state index in [-0.39, 0.29) is 18.5 Å². The van der Waals surface area contributed by atoms with E-state index in [1.165, 1.54) is 334 Å². The Balaban J connectivity index is 3.36. The first-order valence-corrected chi connectivity index (χ1v) is 37.1. The van der Waals surface area contributed by atoms with Crippen molar-refractivity contribution in [1.29, 1.82) is 0 Å². The molecule has 0 aliphatic carbocycles. The molecule has 0 aromatic heterocycles. The van der Waals surface area contributed by atoms with Crippen molar-refractivity contribution in [2.45, 2.75) is 431 Å². The van der Waals surface area contributed by atoms with Gasteiger partial charge in [0, 0.05) is 12.8 Å². The van der Waals surface area contributed by atoms with Crippen molar-refractivity contribution in [3.05, 3.63) is 24.3 Å². The van der Waals surface area contributed by atoms with E-state index >= 15 is 0 Å². The molecule has 1 amide bonds. The zero-order chi connectivity index (χ0) is 58.5. The molecule has 0 aliphatic heterocycles. The Labute approximate surface area is 507 Å². The average Bonchev–Trinajstić information content (AvgIpc) is 3.47. The monoisotopic (exact) mass is 1140 g/mol. The number of aliphatic hydroxyl groups is 2. The van der Waals surface area contributed by atoms with E-state index in [4.69, 9.17) is 4.74 Å². The fraction of sp³-hybridized carbons (Fsp3) is 0.920. The maximum Gasteiger partial charge on any atom is 0.305 e. The van der Waals surface area contributed by atoms with Gasteiger partial charge in [-0.25, -0.2) is 0 Å². The summed E-state index contributed by atoms with van der Waals surface area (Å²) in [7, 11) is 0. The quantitative estimate of drug-likeness (QED) is 0.0320. The number of amides is 1. The van der Waals surface area contributed by atoms with Gasteiger partial charge in [0.1, 0.15) is 0 Å². The highest BCUT2D eigenvalue weighted by molar-refractivity contribution is 5.76. The highest BCUT2D eigenvalue weighted by atomic mass is 16.5. The van der Waals surface area contributed by atoms with E-state index in [0.29, 0.717) is 25.9 Å². The van der Waals surface area contributed by atoms with Gasteiger partial charge in [-0.3, -0.25) is 9.59 Å². The number of rotatable bonds is 70. The molecule has 2 unspecified atom stereocenters. The van der Waals surface area contributed by atoms with Crippen LogP contribution >= 0.6 is 0 Å². The summed E-state index contributed by atoms with van der Waals surface area (Å²) in [6.07, 6.45) is 89.5. The fourth-order valence-electron chi connectivity index (χ4n) is 11.9. The number of hydrogen-bond donors (Lipinski definition) is 3. The standard InChI is InChI=1S/C75H145NO5/c1-3-5-7-9-11-13-15-17-19-21-22-23-26-29-32-36-39-43-47-51-55-59-63-67-73(78)72(71-77)76-74(79)68-64-60-56-52-48-44-40-37-33-30-27-24-25-28-31-34-38-42-46-50-54-58-62-66-70-81-75(80)69-65-61-57-53-49-45-41-35-20-18-16-14-12-10-8-6-4-2/h12,14,18,20,72-73,77-78H,3-11,13,15-17,19,21-71H2,1-2H3,(H,76,79)/b14-12-,20-18-. The van der Waals surface area contributed by atoms with Crippen molar-refractivity contribution in [3.8, 4) is 0 Å². The number of allylic oxidation sites excluding steroid dienone is 4. The molecule has 0 aromatic carbocycles. The third-order valence-electron chi connectivity index (χ3n) is 17.5. The zero-order valence-corrected chi connectivity index (χ0v) is 55.0. The van der Waals surface area contributed by atoms with E-state index < -0.39 is 12.1 Å². The minimum atomic E-state index is -0.665. The van der Waals surface area contributed by atoms with Crippen LogP contribution in [0.1, 0.15) is 418 Å². The molecule has 81 heavy (non-hydrogen) atoms. The summed E-state index contributed by atoms with van der Waals surface area (Å²) in [5, 5.41) is 23.5. The molecule has 3 N–H and O–H groups in total. The topological polar surface area (TPSA) is 95.9 Å². The predicted molar refractivity (Wildman–Crippen MR) is 356 cm³/mol. The first-order valence-electron chi connectivity index (χ1n) is 37.1. The van der Waals surface area contributed by atoms with Crippen molar-refractivity contribution in [3.63, 3.8) is 0 Å². The van der Waals surface area contributed by atoms with Crippen LogP contribution in [0, 0.1) is 0 Å². The van der Waals surface area contributed by atoms with Gasteiger partial charge in [0.25, 0.3) is 0 Å². The summed E-state index contributed by atoms with van der Waals surface area (Å²) >= 11 is 0. The molecule has 0 aliphatic rings. The van der Waals surface area contributed by atoms with Crippen molar-refractivity contribution < 1.29 is 24.5 Å². The van der Waals surface area contributed by atoms with Gasteiger partial charge < -0.3 is 20.3 Å². The zero-order valence-electron chi connectivity index (χ0n) is 55.0. The SMILES string of the molecule is CCCCC/C=C\C/C=C\CCCCCCCCCC(=O)OCCCCCCCCCCCCCCCCCCCCCCCCCCC(=O)NC(CO)C(O)CCCCCCCCCCCCCCCCCCCCCCCCC. The second-order valence-corrected chi connectivity index (χ2v) is 25.6. The molecule has 0 rings (SSSR count). The van der Waals surface area contributed by atoms with Crippen LogP contribution in [0.25, 0.3) is 0 Å². The second-order valence-electron chi connectivity index (χ2n) is 25.6. The Bertz CT molecular complexity index is 1270. The number of ether oxygens (including phenoxy) is 1. The predicted octanol–water partition coefficient (Wildman–Crippen LogP) is 24.1. The molecule has 6 nitrogen and oxygen atoms in total. The summed E-state index contributed by atoms with van der Waals surface area (Å²) in [4.78, 5) is 24.7. The number of carbonyl (C=O) groups is 2. The van der Waals surface area contributed by atoms with Crippen LogP contribution in [0.2, 0.25) is 0 Å². The minimum Gasteiger partial charge on any atom is -0.466 e. The van der Waals surface area contributed by atoms with Crippen molar-refractivity contribution >= 4 is 11.9 Å². The van der Waals surface area contributed by atoms with Crippen molar-refractivity contribution in [2.75, 3.05) is 13.2 Å². The smallest absolute Gasteiger partial charge is 0.305 e. The van der Waals surface area contributed by atoms with Gasteiger partial charge >= 0.3 is 5.97 Å². The molecule has 6 heteroatoms. The lowest BCUT2D eigenvalue weighted by molar-refractivity contribution is -0.143. The first-order chi connectivity index (χ1) is 40.0. The molecule has 0 aromatic rings. The Morgan fingerprint density at radius 1 is 0.346 bits per heavy atom. The number of unbranched alkanes of at least 4 members (excludes halogenated alkanes) is 55. The number of aliphatic hydroxyl groups excluding tert-OH is 2. The van der Waals surface area contributed by atoms with Crippen LogP contribution in [0.15, 0.2) is 24.3 Å². The molecule has 0 bridgehead atoms. The Morgan fingerprint density at radius 2 is 0.617 bits per heavy atom. The second kappa shape index (κ2) is 70.8. The van der Waals surface area contributed by atoms with Crippen LogP contribution in [0.4, 0.5) is 0 Å². The van der Waals surface area contributed by atoms with E-state index in [0.717, 1.165) is 51.4 Å². The van der Waals surface area contributed by atoms with E-state index in [1.54, 1.807) is 0 Å². The van der Waals surface area contributed by atoms with Crippen LogP contribution in [-0.2, 0) is 14.3 Å². The molecular formula is C75H145NO5. The summed E-state index contributed by atoms with van der Waals surface area (Å²) < 4.78 is 5.50. The number of nitrogens with one attached hydrogen (secondary N) is 1. The summed E-state index contributed by atoms with van der Waals surface area (Å²) in [6.45, 7) is 4.97. The molecular weight excluding hydrogens is 995 g/mol. The Hall–Kier alpha value is -1.66. The number of hydrogen-bond acceptors (Lipinski definition) is 5. The minimum absolute atomic E-state index is 0.00881. The van der Waals surface area contributed by atoms with E-state index in [2.05, 4.69) is 43.5 Å². The lowest BCUT2D eigenvalue weighted by Gasteiger charge is -2.22. The van der Waals surface area contributed by atoms with Gasteiger partial charge in [0.2, 0.25) is 5.91 Å². The summed E-state index contributed by atoms with van der Waals surface area (Å²) in [6, 6.07) is -0.542. The van der Waals surface area contributed by atoms with E-state index in [9.17, 15) is 19.8 Å². The van der Waals surface area contributed by atoms with Gasteiger partial charge in [-0.05, 0) is 57.8 Å². The van der Waals surface area contributed by atoms with E-state index in [1.807, 2.05) is 0 Å². The highest BCUT2D eigenvalue weighted by Gasteiger charge is 2.20. The van der Waals surface area contributed by atoms with Crippen molar-refractivity contribution in [2.24, 2.45) is 0 Å². The van der Waals surface area contributed by atoms with Crippen LogP contribution in [0.5, 0.6) is 0 Å². The van der Waals surface area contributed by atoms with Gasteiger partial charge in [0.15, 0.2) is 0 Å². The van der Waals surface area contributed by atoms with Gasteiger partial charge in [-0.2, -0.15) is 0 Å². The molecule has 0 heterocycles. The molecule has 0 fully saturated rings. The van der Waals surface area contributed by atoms with Crippen LogP contribution in [0.3, 0.4) is 0 Å². The maximum absolute atomic E-state index is 12.6. The molecule has 0 radical (unpaired) electrons. The molecule has 0 saturated carbocycles. The molecule has 0 spiro atoms. The normalized spacial score (nSPS) is 12.6. The first kappa shape index (κ1) is 79.3. The number of esters is 1. The maximum atomic E-state index is 12.6. The third kappa shape index (κ3) is 67.3. The Kier molecular flexibility index (Phi) is 69.4. The molecule has 480 valence electrons. The number of carbonyl (C=O) groups excluding carboxylic acids is 2. The largest absolute Gasteiger partial charge is 0.466 e. The van der Waals surface area contributed by atoms with Crippen molar-refractivity contribution in [1.82, 2.24) is 5.32 Å². The lowest BCUT2D eigenvalue weighted by Crippen LogP contribution is -2.45. The highest BCUT2D eigenvalue weighted by Crippen LogP contribution is 2.20. The average molecular weight is 1140 g/mol. The van der Waals surface area contributed by atoms with Crippen LogP contribution < -0.4 is 5.32 Å². The van der Waals surface area contributed by atoms with Gasteiger partial charge in [0.05, 0.1) is 25.4 Å². The summed E-state index contributed by atoms with van der Waals surface area (Å²) in [5.41, 5.74) is 0. The molecule has 0 saturated heterocycles. The van der Waals surface area contributed by atoms with Gasteiger partial charge in [-0.1, -0.05) is 372 Å². The Morgan fingerprint density at radius 3 is 0.963 bits per heavy atom. The lowest BCUT2D eigenvalue weighted by atomic mass is 10.0. The van der Waals surface area contributed by atoms with Crippen LogP contribution in [-0.4, -0.2) is 47.4 Å².